The molecule has 0 radical (unpaired) electrons. The maximum Gasteiger partial charge on any atom is 0.240 e. The molecule has 4 fully saturated rings. The van der Waals surface area contributed by atoms with Gasteiger partial charge in [0.2, 0.25) is 5.91 Å². The van der Waals surface area contributed by atoms with Crippen LogP contribution in [0.2, 0.25) is 0 Å². The third-order valence-electron chi connectivity index (χ3n) is 7.46. The fourth-order valence-electron chi connectivity index (χ4n) is 5.82. The molecular weight excluding hydrogens is 336 g/mol. The Morgan fingerprint density at radius 3 is 2.59 bits per heavy atom. The highest BCUT2D eigenvalue weighted by molar-refractivity contribution is 5.96. The summed E-state index contributed by atoms with van der Waals surface area (Å²) in [6.45, 7) is 1.74. The van der Waals surface area contributed by atoms with Gasteiger partial charge in [0.05, 0.1) is 12.1 Å². The third-order valence-corrected chi connectivity index (χ3v) is 7.46. The van der Waals surface area contributed by atoms with Crippen molar-refractivity contribution >= 4 is 11.7 Å². The van der Waals surface area contributed by atoms with Gasteiger partial charge in [-0.25, -0.2) is 0 Å². The zero-order chi connectivity index (χ0) is 18.4. The van der Waals surface area contributed by atoms with Crippen LogP contribution in [0.4, 0.5) is 0 Å². The molecule has 0 bridgehead atoms. The van der Waals surface area contributed by atoms with Crippen LogP contribution in [0.3, 0.4) is 0 Å². The highest BCUT2D eigenvalue weighted by atomic mass is 16.2. The Balaban J connectivity index is 1.36. The average molecular weight is 367 g/mol. The minimum atomic E-state index is -0.201. The minimum Gasteiger partial charge on any atom is -0.335 e. The molecule has 3 aliphatic heterocycles. The number of amides is 1. The van der Waals surface area contributed by atoms with E-state index in [4.69, 9.17) is 0 Å². The lowest BCUT2D eigenvalue weighted by Crippen LogP contribution is -2.50. The fraction of sp³-hybridized carbons (Fsp3) is 0.652. The van der Waals surface area contributed by atoms with Crippen molar-refractivity contribution in [3.8, 4) is 0 Å². The summed E-state index contributed by atoms with van der Waals surface area (Å²) in [5.41, 5.74) is 1.44. The van der Waals surface area contributed by atoms with Crippen LogP contribution in [-0.2, 0) is 9.59 Å². The lowest BCUT2D eigenvalue weighted by molar-refractivity contribution is -0.138. The van der Waals surface area contributed by atoms with Gasteiger partial charge in [-0.05, 0) is 44.2 Å². The van der Waals surface area contributed by atoms with Gasteiger partial charge in [0.1, 0.15) is 0 Å². The summed E-state index contributed by atoms with van der Waals surface area (Å²) < 4.78 is 0. The Labute approximate surface area is 161 Å². The van der Waals surface area contributed by atoms with Gasteiger partial charge in [-0.1, -0.05) is 49.6 Å². The Kier molecular flexibility index (Phi) is 4.34. The van der Waals surface area contributed by atoms with Crippen molar-refractivity contribution in [1.29, 1.82) is 0 Å². The monoisotopic (exact) mass is 366 g/mol. The zero-order valence-corrected chi connectivity index (χ0v) is 16.1. The molecule has 27 heavy (non-hydrogen) atoms. The van der Waals surface area contributed by atoms with Crippen LogP contribution in [0.1, 0.15) is 69.3 Å². The van der Waals surface area contributed by atoms with E-state index in [-0.39, 0.29) is 23.5 Å². The van der Waals surface area contributed by atoms with Crippen LogP contribution in [0.25, 0.3) is 0 Å². The SMILES string of the molecule is O=C1CC(C(=O)N2CC(c3ccccc3)CC23CC3)N2CCCCCCC12. The molecule has 1 spiro atoms. The summed E-state index contributed by atoms with van der Waals surface area (Å²) in [7, 11) is 0. The van der Waals surface area contributed by atoms with E-state index in [1.807, 2.05) is 0 Å². The van der Waals surface area contributed by atoms with Crippen molar-refractivity contribution < 1.29 is 9.59 Å². The highest BCUT2D eigenvalue weighted by Gasteiger charge is 2.58. The summed E-state index contributed by atoms with van der Waals surface area (Å²) in [5, 5.41) is 0. The third kappa shape index (κ3) is 3.02. The van der Waals surface area contributed by atoms with E-state index in [1.54, 1.807) is 0 Å². The summed E-state index contributed by atoms with van der Waals surface area (Å²) in [5.74, 6) is 0.985. The molecule has 144 valence electrons. The molecule has 3 saturated heterocycles. The fourth-order valence-corrected chi connectivity index (χ4v) is 5.82. The van der Waals surface area contributed by atoms with Gasteiger partial charge in [0.15, 0.2) is 5.78 Å². The number of benzene rings is 1. The molecule has 1 saturated carbocycles. The molecule has 0 N–H and O–H groups in total. The predicted octanol–water partition coefficient (Wildman–Crippen LogP) is 3.51. The van der Waals surface area contributed by atoms with Crippen LogP contribution in [-0.4, -0.2) is 52.2 Å². The van der Waals surface area contributed by atoms with Crippen molar-refractivity contribution in [2.24, 2.45) is 0 Å². The molecule has 1 aromatic rings. The van der Waals surface area contributed by atoms with E-state index >= 15 is 0 Å². The standard InChI is InChI=1S/C23H30N2O2/c26-21-14-20(24-13-7-2-1-6-10-19(21)24)22(27)25-16-18(15-23(25)11-12-23)17-8-4-3-5-9-17/h3-5,8-9,18-20H,1-2,6-7,10-16H2. The van der Waals surface area contributed by atoms with E-state index in [0.717, 1.165) is 51.6 Å². The number of ketones is 1. The number of rotatable bonds is 2. The first-order valence-electron chi connectivity index (χ1n) is 10.8. The number of Topliss-reactive ketones (excluding diaryl/α,β-unsaturated/α-hetero) is 1. The van der Waals surface area contributed by atoms with E-state index in [1.165, 1.54) is 18.4 Å². The minimum absolute atomic E-state index is 0.00178. The molecule has 4 nitrogen and oxygen atoms in total. The van der Waals surface area contributed by atoms with Gasteiger partial charge < -0.3 is 4.90 Å². The van der Waals surface area contributed by atoms with Gasteiger partial charge in [-0.15, -0.1) is 0 Å². The van der Waals surface area contributed by atoms with Crippen LogP contribution in [0.15, 0.2) is 30.3 Å². The number of likely N-dealkylation sites (tertiary alicyclic amines) is 1. The number of nitrogens with zero attached hydrogens (tertiary/aromatic N) is 2. The molecule has 3 heterocycles. The zero-order valence-electron chi connectivity index (χ0n) is 16.1. The first-order valence-corrected chi connectivity index (χ1v) is 10.8. The highest BCUT2D eigenvalue weighted by Crippen LogP contribution is 2.54. The van der Waals surface area contributed by atoms with Crippen molar-refractivity contribution in [2.45, 2.75) is 81.3 Å². The topological polar surface area (TPSA) is 40.6 Å². The Bertz CT molecular complexity index is 727. The molecule has 1 amide bonds. The largest absolute Gasteiger partial charge is 0.335 e. The number of hydrogen-bond donors (Lipinski definition) is 0. The Hall–Kier alpha value is -1.68. The van der Waals surface area contributed by atoms with Gasteiger partial charge in [-0.2, -0.15) is 0 Å². The summed E-state index contributed by atoms with van der Waals surface area (Å²) in [6, 6.07) is 10.4. The second-order valence-electron chi connectivity index (χ2n) is 9.13. The van der Waals surface area contributed by atoms with Crippen LogP contribution in [0, 0.1) is 0 Å². The summed E-state index contributed by atoms with van der Waals surface area (Å²) in [6.07, 6.45) is 9.42. The Morgan fingerprint density at radius 2 is 1.81 bits per heavy atom. The van der Waals surface area contributed by atoms with Crippen molar-refractivity contribution in [3.63, 3.8) is 0 Å². The Morgan fingerprint density at radius 1 is 1.04 bits per heavy atom. The van der Waals surface area contributed by atoms with Gasteiger partial charge in [0, 0.05) is 24.4 Å². The molecule has 4 aliphatic rings. The quantitative estimate of drug-likeness (QED) is 0.804. The maximum absolute atomic E-state index is 13.6. The number of hydrogen-bond acceptors (Lipinski definition) is 3. The molecule has 3 unspecified atom stereocenters. The molecular formula is C23H30N2O2. The molecule has 1 aliphatic carbocycles. The van der Waals surface area contributed by atoms with E-state index in [9.17, 15) is 9.59 Å². The number of carbonyl (C=O) groups excluding carboxylic acids is 2. The molecule has 3 atom stereocenters. The lowest BCUT2D eigenvalue weighted by atomic mass is 9.96. The van der Waals surface area contributed by atoms with Crippen molar-refractivity contribution in [1.82, 2.24) is 9.80 Å². The van der Waals surface area contributed by atoms with Crippen molar-refractivity contribution in [3.05, 3.63) is 35.9 Å². The lowest BCUT2D eigenvalue weighted by Gasteiger charge is -2.34. The predicted molar refractivity (Wildman–Crippen MR) is 104 cm³/mol. The molecule has 0 aromatic heterocycles. The number of fused-ring (bicyclic) bond motifs is 1. The second kappa shape index (κ2) is 6.73. The van der Waals surface area contributed by atoms with Crippen LogP contribution < -0.4 is 0 Å². The van der Waals surface area contributed by atoms with Crippen molar-refractivity contribution in [2.75, 3.05) is 13.1 Å². The summed E-state index contributed by atoms with van der Waals surface area (Å²) in [4.78, 5) is 30.7. The van der Waals surface area contributed by atoms with Crippen LogP contribution >= 0.6 is 0 Å². The van der Waals surface area contributed by atoms with Gasteiger partial charge in [-0.3, -0.25) is 14.5 Å². The second-order valence-corrected chi connectivity index (χ2v) is 9.13. The maximum atomic E-state index is 13.6. The van der Waals surface area contributed by atoms with E-state index in [0.29, 0.717) is 18.1 Å². The average Bonchev–Trinajstić information content (AvgIpc) is 3.23. The van der Waals surface area contributed by atoms with Gasteiger partial charge in [0.25, 0.3) is 0 Å². The smallest absolute Gasteiger partial charge is 0.240 e. The number of carbonyl (C=O) groups is 2. The molecule has 1 aromatic carbocycles. The van der Waals surface area contributed by atoms with Crippen LogP contribution in [0.5, 0.6) is 0 Å². The summed E-state index contributed by atoms with van der Waals surface area (Å²) >= 11 is 0. The van der Waals surface area contributed by atoms with E-state index in [2.05, 4.69) is 40.1 Å². The normalized spacial score (nSPS) is 33.0. The molecule has 5 rings (SSSR count). The van der Waals surface area contributed by atoms with Gasteiger partial charge >= 0.3 is 0 Å². The first-order chi connectivity index (χ1) is 13.2. The first kappa shape index (κ1) is 17.4. The van der Waals surface area contributed by atoms with E-state index < -0.39 is 0 Å². The molecule has 4 heteroatoms.